The molecule has 150 valence electrons. The number of ether oxygens (including phenoxy) is 1. The molecule has 0 aliphatic rings. The predicted molar refractivity (Wildman–Crippen MR) is 98.7 cm³/mol. The highest BCUT2D eigenvalue weighted by Crippen LogP contribution is 2.70. The van der Waals surface area contributed by atoms with Crippen LogP contribution in [0.15, 0.2) is 28.8 Å². The Labute approximate surface area is 162 Å². The zero-order chi connectivity index (χ0) is 19.9. The highest BCUT2D eigenvalue weighted by Gasteiger charge is 2.30. The van der Waals surface area contributed by atoms with Crippen molar-refractivity contribution < 1.29 is 31.5 Å². The molecule has 1 heterocycles. The van der Waals surface area contributed by atoms with E-state index in [9.17, 15) is 17.7 Å². The molecule has 0 fully saturated rings. The molecule has 1 aromatic heterocycles. The lowest BCUT2D eigenvalue weighted by Gasteiger charge is -2.13. The Morgan fingerprint density at radius 2 is 2.04 bits per heavy atom. The maximum absolute atomic E-state index is 12.7. The van der Waals surface area contributed by atoms with E-state index in [2.05, 4.69) is 10.1 Å². The molecular weight excluding hydrogens is 424 g/mol. The summed E-state index contributed by atoms with van der Waals surface area (Å²) in [5.74, 6) is -1.90. The average Bonchev–Trinajstić information content (AvgIpc) is 3.06. The molecule has 0 bridgehead atoms. The van der Waals surface area contributed by atoms with E-state index in [0.717, 1.165) is 23.5 Å². The van der Waals surface area contributed by atoms with Crippen LogP contribution in [0.2, 0.25) is 0 Å². The molecule has 0 N–H and O–H groups in total. The predicted octanol–water partition coefficient (Wildman–Crippen LogP) is 5.80. The van der Waals surface area contributed by atoms with Crippen molar-refractivity contribution >= 4 is 28.5 Å². The SMILES string of the molecule is CCO[P@](=O)(SCC)SCc1nc(OCc2cccc(C(F)(F)F)c2)no1. The van der Waals surface area contributed by atoms with E-state index in [1.54, 1.807) is 6.92 Å². The molecule has 0 saturated carbocycles. The number of aromatic nitrogens is 2. The fourth-order valence-electron chi connectivity index (χ4n) is 1.90. The van der Waals surface area contributed by atoms with Crippen LogP contribution in [0.1, 0.15) is 30.9 Å². The Morgan fingerprint density at radius 1 is 1.26 bits per heavy atom. The van der Waals surface area contributed by atoms with Gasteiger partial charge in [-0.2, -0.15) is 18.2 Å². The molecule has 2 aromatic rings. The van der Waals surface area contributed by atoms with Crippen LogP contribution in [-0.4, -0.2) is 22.5 Å². The molecule has 2 rings (SSSR count). The van der Waals surface area contributed by atoms with Gasteiger partial charge in [0.05, 0.1) is 17.9 Å². The third-order valence-corrected chi connectivity index (χ3v) is 10.4. The van der Waals surface area contributed by atoms with E-state index in [0.29, 0.717) is 17.9 Å². The quantitative estimate of drug-likeness (QED) is 0.428. The lowest BCUT2D eigenvalue weighted by Crippen LogP contribution is -2.06. The first-order valence-electron chi connectivity index (χ1n) is 7.91. The number of alkyl halides is 3. The summed E-state index contributed by atoms with van der Waals surface area (Å²) >= 11 is 2.30. The second-order valence-electron chi connectivity index (χ2n) is 5.01. The zero-order valence-corrected chi connectivity index (χ0v) is 17.1. The van der Waals surface area contributed by atoms with Crippen LogP contribution in [0, 0.1) is 0 Å². The standard InChI is InChI=1S/C15H18F3N2O4PS2/c1-3-23-25(21,26-4-2)27-10-13-19-14(20-24-13)22-9-11-6-5-7-12(8-11)15(16,17)18/h5-8H,3-4,9-10H2,1-2H3/t25-/m1/s1. The summed E-state index contributed by atoms with van der Waals surface area (Å²) in [5.41, 5.74) is -0.431. The Kier molecular flexibility index (Phi) is 8.08. The van der Waals surface area contributed by atoms with E-state index in [1.165, 1.54) is 23.5 Å². The molecule has 0 aliphatic carbocycles. The van der Waals surface area contributed by atoms with Gasteiger partial charge in [0.1, 0.15) is 6.61 Å². The number of hydrogen-bond donors (Lipinski definition) is 0. The molecule has 1 atom stereocenters. The minimum absolute atomic E-state index is 0.0996. The molecule has 0 aliphatic heterocycles. The number of hydrogen-bond acceptors (Lipinski definition) is 8. The Hall–Kier alpha value is -1.16. The van der Waals surface area contributed by atoms with Crippen molar-refractivity contribution in [2.24, 2.45) is 0 Å². The molecule has 0 amide bonds. The van der Waals surface area contributed by atoms with Crippen molar-refractivity contribution in [1.29, 1.82) is 0 Å². The van der Waals surface area contributed by atoms with E-state index in [-0.39, 0.29) is 24.3 Å². The molecule has 0 saturated heterocycles. The minimum Gasteiger partial charge on any atom is -0.457 e. The van der Waals surface area contributed by atoms with Crippen molar-refractivity contribution in [1.82, 2.24) is 10.1 Å². The van der Waals surface area contributed by atoms with Crippen molar-refractivity contribution in [2.45, 2.75) is 32.4 Å². The van der Waals surface area contributed by atoms with Crippen molar-refractivity contribution in [3.8, 4) is 6.01 Å². The van der Waals surface area contributed by atoms with Gasteiger partial charge in [0.25, 0.3) is 0 Å². The summed E-state index contributed by atoms with van der Waals surface area (Å²) in [7, 11) is 0. The summed E-state index contributed by atoms with van der Waals surface area (Å²) < 4.78 is 66.2. The summed E-state index contributed by atoms with van der Waals surface area (Å²) in [4.78, 5) is 3.99. The summed E-state index contributed by atoms with van der Waals surface area (Å²) in [5, 5.41) is 3.61. The van der Waals surface area contributed by atoms with Crippen LogP contribution < -0.4 is 4.74 Å². The third-order valence-electron chi connectivity index (χ3n) is 2.99. The Morgan fingerprint density at radius 3 is 2.70 bits per heavy atom. The Balaban J connectivity index is 1.92. The number of halogens is 3. The van der Waals surface area contributed by atoms with Gasteiger partial charge in [-0.25, -0.2) is 0 Å². The van der Waals surface area contributed by atoms with Crippen LogP contribution in [0.25, 0.3) is 0 Å². The average molecular weight is 442 g/mol. The van der Waals surface area contributed by atoms with Crippen LogP contribution in [0.4, 0.5) is 13.2 Å². The van der Waals surface area contributed by atoms with Gasteiger partial charge in [-0.05, 0) is 41.2 Å². The maximum Gasteiger partial charge on any atom is 0.416 e. The van der Waals surface area contributed by atoms with Crippen LogP contribution >= 0.6 is 28.5 Å². The fraction of sp³-hybridized carbons (Fsp3) is 0.467. The van der Waals surface area contributed by atoms with E-state index < -0.39 is 17.5 Å². The third kappa shape index (κ3) is 7.06. The largest absolute Gasteiger partial charge is 0.457 e. The van der Waals surface area contributed by atoms with E-state index in [1.807, 2.05) is 6.92 Å². The summed E-state index contributed by atoms with van der Waals surface area (Å²) in [6, 6.07) is 4.69. The zero-order valence-electron chi connectivity index (χ0n) is 14.6. The maximum atomic E-state index is 12.7. The number of benzene rings is 1. The summed E-state index contributed by atoms with van der Waals surface area (Å²) in [6.45, 7) is 3.82. The number of rotatable bonds is 10. The molecule has 0 spiro atoms. The molecule has 27 heavy (non-hydrogen) atoms. The minimum atomic E-state index is -4.42. The van der Waals surface area contributed by atoms with Crippen molar-refractivity contribution in [3.63, 3.8) is 0 Å². The van der Waals surface area contributed by atoms with Crippen LogP contribution in [0.5, 0.6) is 6.01 Å². The number of nitrogens with zero attached hydrogens (tertiary/aromatic N) is 2. The molecular formula is C15H18F3N2O4PS2. The van der Waals surface area contributed by atoms with Crippen LogP contribution in [-0.2, 0) is 27.6 Å². The van der Waals surface area contributed by atoms with Crippen molar-refractivity contribution in [3.05, 3.63) is 41.3 Å². The van der Waals surface area contributed by atoms with Gasteiger partial charge in [0.2, 0.25) is 5.89 Å². The van der Waals surface area contributed by atoms with Gasteiger partial charge in [-0.3, -0.25) is 4.57 Å². The van der Waals surface area contributed by atoms with Crippen LogP contribution in [0.3, 0.4) is 0 Å². The lowest BCUT2D eigenvalue weighted by atomic mass is 10.1. The first-order valence-corrected chi connectivity index (χ1v) is 12.7. The van der Waals surface area contributed by atoms with Gasteiger partial charge >= 0.3 is 18.0 Å². The highest BCUT2D eigenvalue weighted by molar-refractivity contribution is 8.89. The van der Waals surface area contributed by atoms with Gasteiger partial charge in [-0.15, -0.1) is 0 Å². The fourth-order valence-corrected chi connectivity index (χ4v) is 8.30. The second kappa shape index (κ2) is 9.86. The molecule has 1 aromatic carbocycles. The Bertz CT molecular complexity index is 778. The van der Waals surface area contributed by atoms with E-state index >= 15 is 0 Å². The normalized spacial score (nSPS) is 14.1. The topological polar surface area (TPSA) is 74.5 Å². The first-order chi connectivity index (χ1) is 12.8. The lowest BCUT2D eigenvalue weighted by molar-refractivity contribution is -0.137. The van der Waals surface area contributed by atoms with Gasteiger partial charge in [0, 0.05) is 5.75 Å². The van der Waals surface area contributed by atoms with Crippen molar-refractivity contribution in [2.75, 3.05) is 12.4 Å². The first kappa shape index (κ1) is 22.1. The summed E-state index contributed by atoms with van der Waals surface area (Å²) in [6.07, 6.45) is -4.42. The highest BCUT2D eigenvalue weighted by atomic mass is 33.1. The molecule has 0 radical (unpaired) electrons. The second-order valence-corrected chi connectivity index (χ2v) is 12.7. The monoisotopic (exact) mass is 442 g/mol. The van der Waals surface area contributed by atoms with Gasteiger partial charge < -0.3 is 13.8 Å². The van der Waals surface area contributed by atoms with Gasteiger partial charge in [-0.1, -0.05) is 30.4 Å². The molecule has 12 heteroatoms. The van der Waals surface area contributed by atoms with Gasteiger partial charge in [0.15, 0.2) is 0 Å². The molecule has 0 unspecified atom stereocenters. The smallest absolute Gasteiger partial charge is 0.416 e. The molecule has 6 nitrogen and oxygen atoms in total. The van der Waals surface area contributed by atoms with E-state index in [4.69, 9.17) is 13.8 Å².